The molecule has 1 aliphatic rings. The largest absolute Gasteiger partial charge is 0.327 e. The van der Waals surface area contributed by atoms with Crippen molar-refractivity contribution in [2.75, 3.05) is 5.32 Å². The zero-order valence-corrected chi connectivity index (χ0v) is 12.1. The maximum atomic E-state index is 12.5. The summed E-state index contributed by atoms with van der Waals surface area (Å²) >= 11 is 0.430. The molecular weight excluding hydrogens is 282 g/mol. The molecule has 110 valence electrons. The summed E-state index contributed by atoms with van der Waals surface area (Å²) < 4.78 is 25.0. The van der Waals surface area contributed by atoms with Gasteiger partial charge in [0.2, 0.25) is 5.91 Å². The number of amides is 1. The second kappa shape index (κ2) is 6.10. The van der Waals surface area contributed by atoms with Gasteiger partial charge in [-0.05, 0) is 31.9 Å². The quantitative estimate of drug-likeness (QED) is 0.837. The number of carbonyl (C=O) groups is 1. The molecule has 1 fully saturated rings. The zero-order chi connectivity index (χ0) is 14.8. The van der Waals surface area contributed by atoms with E-state index in [1.165, 1.54) is 0 Å². The summed E-state index contributed by atoms with van der Waals surface area (Å²) in [7, 11) is 0. The minimum Gasteiger partial charge on any atom is -0.327 e. The van der Waals surface area contributed by atoms with Crippen LogP contribution in [0.25, 0.3) is 0 Å². The lowest BCUT2D eigenvalue weighted by atomic mass is 9.84. The maximum Gasteiger partial charge on any atom is 0.288 e. The third-order valence-corrected chi connectivity index (χ3v) is 4.69. The van der Waals surface area contributed by atoms with Gasteiger partial charge in [0.05, 0.1) is 11.1 Å². The number of hydrogen-bond acceptors (Lipinski definition) is 3. The Balaban J connectivity index is 2.16. The Morgan fingerprint density at radius 3 is 2.80 bits per heavy atom. The average Bonchev–Trinajstić information content (AvgIpc) is 2.73. The Morgan fingerprint density at radius 2 is 2.20 bits per heavy atom. The molecular formula is C14H18F2N2OS. The standard InChI is InChI=1S/C14H18F2N2OS/c1-14(8-4-7-11(14)17)12(19)18-9-5-2-3-6-10(9)20-13(15)16/h2-3,5-6,11,13H,4,7-8,17H2,1H3,(H,18,19). The number of anilines is 1. The minimum atomic E-state index is -2.52. The highest BCUT2D eigenvalue weighted by Crippen LogP contribution is 2.39. The average molecular weight is 300 g/mol. The van der Waals surface area contributed by atoms with Crippen molar-refractivity contribution in [2.45, 2.75) is 42.9 Å². The van der Waals surface area contributed by atoms with Gasteiger partial charge >= 0.3 is 0 Å². The van der Waals surface area contributed by atoms with Crippen molar-refractivity contribution in [1.82, 2.24) is 0 Å². The van der Waals surface area contributed by atoms with E-state index in [0.717, 1.165) is 19.3 Å². The molecule has 1 amide bonds. The Bertz CT molecular complexity index is 498. The third kappa shape index (κ3) is 3.12. The van der Waals surface area contributed by atoms with E-state index >= 15 is 0 Å². The van der Waals surface area contributed by atoms with Crippen LogP contribution < -0.4 is 11.1 Å². The number of nitrogens with one attached hydrogen (secondary N) is 1. The molecule has 1 saturated carbocycles. The summed E-state index contributed by atoms with van der Waals surface area (Å²) in [5.74, 6) is -2.71. The van der Waals surface area contributed by atoms with Crippen molar-refractivity contribution in [2.24, 2.45) is 11.1 Å². The molecule has 3 nitrogen and oxygen atoms in total. The summed E-state index contributed by atoms with van der Waals surface area (Å²) in [6.45, 7) is 1.84. The summed E-state index contributed by atoms with van der Waals surface area (Å²) in [5.41, 5.74) is 5.80. The summed E-state index contributed by atoms with van der Waals surface area (Å²) in [6.07, 6.45) is 2.46. The molecule has 0 saturated heterocycles. The Labute approximate surface area is 121 Å². The van der Waals surface area contributed by atoms with E-state index in [2.05, 4.69) is 5.32 Å². The third-order valence-electron chi connectivity index (χ3n) is 3.90. The fourth-order valence-corrected chi connectivity index (χ4v) is 3.10. The lowest BCUT2D eigenvalue weighted by Gasteiger charge is -2.28. The highest BCUT2D eigenvalue weighted by Gasteiger charge is 2.43. The molecule has 6 heteroatoms. The number of benzene rings is 1. The number of rotatable bonds is 4. The molecule has 1 aliphatic carbocycles. The van der Waals surface area contributed by atoms with Gasteiger partial charge in [-0.3, -0.25) is 4.79 Å². The number of alkyl halides is 2. The van der Waals surface area contributed by atoms with Gasteiger partial charge < -0.3 is 11.1 Å². The molecule has 2 rings (SSSR count). The van der Waals surface area contributed by atoms with Gasteiger partial charge in [-0.1, -0.05) is 30.3 Å². The van der Waals surface area contributed by atoms with E-state index in [4.69, 9.17) is 5.73 Å². The van der Waals surface area contributed by atoms with Gasteiger partial charge in [0.25, 0.3) is 5.76 Å². The molecule has 2 atom stereocenters. The molecule has 3 N–H and O–H groups in total. The molecule has 20 heavy (non-hydrogen) atoms. The first-order valence-corrected chi connectivity index (χ1v) is 7.42. The smallest absolute Gasteiger partial charge is 0.288 e. The predicted molar refractivity (Wildman–Crippen MR) is 76.9 cm³/mol. The number of thioether (sulfide) groups is 1. The van der Waals surface area contributed by atoms with Gasteiger partial charge in [-0.2, -0.15) is 8.78 Å². The van der Waals surface area contributed by atoms with Crippen molar-refractivity contribution in [3.63, 3.8) is 0 Å². The van der Waals surface area contributed by atoms with Crippen LogP contribution in [0.3, 0.4) is 0 Å². The first kappa shape index (κ1) is 15.3. The molecule has 1 aromatic carbocycles. The molecule has 0 aromatic heterocycles. The van der Waals surface area contributed by atoms with Crippen LogP contribution in [0.4, 0.5) is 14.5 Å². The predicted octanol–water partition coefficient (Wildman–Crippen LogP) is 3.46. The van der Waals surface area contributed by atoms with Crippen LogP contribution >= 0.6 is 11.8 Å². The van der Waals surface area contributed by atoms with Gasteiger partial charge in [-0.15, -0.1) is 0 Å². The zero-order valence-electron chi connectivity index (χ0n) is 11.2. The van der Waals surface area contributed by atoms with E-state index in [9.17, 15) is 13.6 Å². The van der Waals surface area contributed by atoms with Crippen LogP contribution in [-0.2, 0) is 4.79 Å². The first-order valence-electron chi connectivity index (χ1n) is 6.54. The summed E-state index contributed by atoms with van der Waals surface area (Å²) in [6, 6.07) is 6.40. The Morgan fingerprint density at radius 1 is 1.50 bits per heavy atom. The fraction of sp³-hybridized carbons (Fsp3) is 0.500. The van der Waals surface area contributed by atoms with E-state index in [1.807, 2.05) is 6.92 Å². The van der Waals surface area contributed by atoms with E-state index < -0.39 is 11.2 Å². The van der Waals surface area contributed by atoms with Crippen molar-refractivity contribution >= 4 is 23.4 Å². The van der Waals surface area contributed by atoms with E-state index in [0.29, 0.717) is 22.3 Å². The summed E-state index contributed by atoms with van der Waals surface area (Å²) in [5, 5.41) is 2.76. The van der Waals surface area contributed by atoms with Crippen LogP contribution in [0, 0.1) is 5.41 Å². The number of nitrogens with two attached hydrogens (primary N) is 1. The van der Waals surface area contributed by atoms with Gasteiger partial charge in [0.15, 0.2) is 0 Å². The number of hydrogen-bond donors (Lipinski definition) is 2. The molecule has 2 unspecified atom stereocenters. The Kier molecular flexibility index (Phi) is 4.65. The van der Waals surface area contributed by atoms with Crippen LogP contribution in [-0.4, -0.2) is 17.7 Å². The molecule has 0 aliphatic heterocycles. The van der Waals surface area contributed by atoms with E-state index in [1.54, 1.807) is 24.3 Å². The highest BCUT2D eigenvalue weighted by molar-refractivity contribution is 7.99. The van der Waals surface area contributed by atoms with Crippen molar-refractivity contribution in [1.29, 1.82) is 0 Å². The van der Waals surface area contributed by atoms with Crippen LogP contribution in [0.5, 0.6) is 0 Å². The van der Waals surface area contributed by atoms with Crippen molar-refractivity contribution < 1.29 is 13.6 Å². The second-order valence-corrected chi connectivity index (χ2v) is 6.28. The van der Waals surface area contributed by atoms with Gasteiger partial charge in [0, 0.05) is 10.9 Å². The van der Waals surface area contributed by atoms with Crippen LogP contribution in [0.2, 0.25) is 0 Å². The topological polar surface area (TPSA) is 55.1 Å². The van der Waals surface area contributed by atoms with Crippen LogP contribution in [0.1, 0.15) is 26.2 Å². The van der Waals surface area contributed by atoms with E-state index in [-0.39, 0.29) is 11.9 Å². The minimum absolute atomic E-state index is 0.183. The fourth-order valence-electron chi connectivity index (χ4n) is 2.51. The van der Waals surface area contributed by atoms with Crippen LogP contribution in [0.15, 0.2) is 29.2 Å². The normalized spacial score (nSPS) is 25.9. The molecule has 0 heterocycles. The molecule has 0 radical (unpaired) electrons. The second-order valence-electron chi connectivity index (χ2n) is 5.24. The molecule has 0 spiro atoms. The monoisotopic (exact) mass is 300 g/mol. The Hall–Kier alpha value is -1.14. The lowest BCUT2D eigenvalue weighted by Crippen LogP contribution is -2.44. The van der Waals surface area contributed by atoms with Gasteiger partial charge in [0.1, 0.15) is 0 Å². The number of halogens is 2. The first-order chi connectivity index (χ1) is 9.43. The number of carbonyl (C=O) groups excluding carboxylic acids is 1. The SMILES string of the molecule is CC1(C(=O)Nc2ccccc2SC(F)F)CCCC1N. The van der Waals surface area contributed by atoms with Crippen molar-refractivity contribution in [3.8, 4) is 0 Å². The molecule has 0 bridgehead atoms. The van der Waals surface area contributed by atoms with Crippen molar-refractivity contribution in [3.05, 3.63) is 24.3 Å². The highest BCUT2D eigenvalue weighted by atomic mass is 32.2. The summed E-state index contributed by atoms with van der Waals surface area (Å²) in [4.78, 5) is 12.8. The number of para-hydroxylation sites is 1. The maximum absolute atomic E-state index is 12.5. The van der Waals surface area contributed by atoms with Gasteiger partial charge in [-0.25, -0.2) is 0 Å². The lowest BCUT2D eigenvalue weighted by molar-refractivity contribution is -0.125. The molecule has 1 aromatic rings.